The van der Waals surface area contributed by atoms with E-state index in [1.807, 2.05) is 0 Å². The lowest BCUT2D eigenvalue weighted by Crippen LogP contribution is -2.16. The van der Waals surface area contributed by atoms with Gasteiger partial charge in [-0.3, -0.25) is 4.79 Å². The molecule has 1 N–H and O–H groups in total. The minimum absolute atomic E-state index is 0.196. The molecule has 1 heterocycles. The number of benzene rings is 1. The van der Waals surface area contributed by atoms with Gasteiger partial charge in [0, 0.05) is 11.9 Å². The number of amides is 1. The molecule has 2 aromatic rings. The van der Waals surface area contributed by atoms with Crippen molar-refractivity contribution in [1.29, 1.82) is 0 Å². The Morgan fingerprint density at radius 1 is 1.15 bits per heavy atom. The van der Waals surface area contributed by atoms with Crippen molar-refractivity contribution in [3.05, 3.63) is 41.3 Å². The van der Waals surface area contributed by atoms with Crippen LogP contribution in [0.15, 0.2) is 36.4 Å². The molecule has 0 spiro atoms. The number of ether oxygens (including phenoxy) is 1. The second-order valence-corrected chi connectivity index (χ2v) is 4.90. The molecule has 2 rings (SSSR count). The van der Waals surface area contributed by atoms with Crippen LogP contribution in [-0.2, 0) is 0 Å². The lowest BCUT2D eigenvalue weighted by atomic mass is 10.2. The summed E-state index contributed by atoms with van der Waals surface area (Å²) < 4.78 is 39.9. The van der Waals surface area contributed by atoms with Crippen LogP contribution in [-0.4, -0.2) is 19.3 Å². The van der Waals surface area contributed by atoms with Crippen LogP contribution in [0.1, 0.15) is 9.67 Å². The molecular formula is C13H10F3NO2S. The van der Waals surface area contributed by atoms with E-state index >= 15 is 0 Å². The second kappa shape index (κ2) is 5.54. The number of carbonyl (C=O) groups excluding carboxylic acids is 1. The highest BCUT2D eigenvalue weighted by atomic mass is 32.1. The monoisotopic (exact) mass is 301 g/mol. The normalized spacial score (nSPS) is 11.2. The van der Waals surface area contributed by atoms with Crippen molar-refractivity contribution in [3.8, 4) is 16.2 Å². The van der Waals surface area contributed by atoms with Gasteiger partial charge in [-0.1, -0.05) is 0 Å². The average Bonchev–Trinajstić information content (AvgIpc) is 2.86. The van der Waals surface area contributed by atoms with E-state index in [-0.39, 0.29) is 11.7 Å². The van der Waals surface area contributed by atoms with Crippen molar-refractivity contribution in [3.63, 3.8) is 0 Å². The molecule has 0 aliphatic carbocycles. The van der Waals surface area contributed by atoms with Crippen molar-refractivity contribution < 1.29 is 22.7 Å². The molecule has 0 radical (unpaired) electrons. The van der Waals surface area contributed by atoms with Gasteiger partial charge in [0.15, 0.2) is 0 Å². The maximum atomic E-state index is 12.0. The third kappa shape index (κ3) is 3.51. The summed E-state index contributed by atoms with van der Waals surface area (Å²) in [5.41, 5.74) is 0.722. The molecule has 106 valence electrons. The number of alkyl halides is 3. The summed E-state index contributed by atoms with van der Waals surface area (Å²) in [6, 6.07) is 8.92. The molecule has 1 aromatic heterocycles. The maximum absolute atomic E-state index is 12.0. The summed E-state index contributed by atoms with van der Waals surface area (Å²) in [4.78, 5) is 12.8. The minimum Gasteiger partial charge on any atom is -0.406 e. The van der Waals surface area contributed by atoms with E-state index in [4.69, 9.17) is 0 Å². The van der Waals surface area contributed by atoms with E-state index in [9.17, 15) is 18.0 Å². The topological polar surface area (TPSA) is 38.3 Å². The number of halogens is 3. The van der Waals surface area contributed by atoms with Crippen LogP contribution >= 0.6 is 11.3 Å². The molecule has 3 nitrogen and oxygen atoms in total. The Morgan fingerprint density at radius 3 is 2.35 bits per heavy atom. The van der Waals surface area contributed by atoms with Gasteiger partial charge in [0.25, 0.3) is 5.91 Å². The molecule has 0 unspecified atom stereocenters. The fraction of sp³-hybridized carbons (Fsp3) is 0.154. The van der Waals surface area contributed by atoms with Crippen LogP contribution in [0.5, 0.6) is 5.75 Å². The third-order valence-electron chi connectivity index (χ3n) is 2.43. The van der Waals surface area contributed by atoms with E-state index < -0.39 is 6.36 Å². The first-order valence-corrected chi connectivity index (χ1v) is 6.39. The fourth-order valence-corrected chi connectivity index (χ4v) is 2.52. The third-order valence-corrected chi connectivity index (χ3v) is 3.56. The number of hydrogen-bond donors (Lipinski definition) is 1. The Kier molecular flexibility index (Phi) is 3.99. The smallest absolute Gasteiger partial charge is 0.406 e. The Labute approximate surface area is 117 Å². The van der Waals surface area contributed by atoms with Crippen LogP contribution < -0.4 is 10.1 Å². The zero-order valence-corrected chi connectivity index (χ0v) is 11.1. The summed E-state index contributed by atoms with van der Waals surface area (Å²) in [5.74, 6) is -0.470. The quantitative estimate of drug-likeness (QED) is 0.939. The molecule has 0 saturated carbocycles. The first-order valence-electron chi connectivity index (χ1n) is 5.57. The summed E-state index contributed by atoms with van der Waals surface area (Å²) in [6.07, 6.45) is -4.70. The average molecular weight is 301 g/mol. The van der Waals surface area contributed by atoms with Crippen molar-refractivity contribution in [2.45, 2.75) is 6.36 Å². The predicted molar refractivity (Wildman–Crippen MR) is 69.8 cm³/mol. The van der Waals surface area contributed by atoms with Crippen LogP contribution in [0.2, 0.25) is 0 Å². The molecule has 0 aliphatic heterocycles. The minimum atomic E-state index is -4.70. The van der Waals surface area contributed by atoms with Crippen molar-refractivity contribution in [2.24, 2.45) is 0 Å². The van der Waals surface area contributed by atoms with Gasteiger partial charge >= 0.3 is 6.36 Å². The van der Waals surface area contributed by atoms with E-state index in [1.165, 1.54) is 42.6 Å². The van der Waals surface area contributed by atoms with E-state index in [0.717, 1.165) is 10.4 Å². The molecule has 0 aliphatic rings. The number of hydrogen-bond acceptors (Lipinski definition) is 3. The first-order chi connectivity index (χ1) is 9.39. The Bertz CT molecular complexity index is 605. The molecule has 20 heavy (non-hydrogen) atoms. The highest BCUT2D eigenvalue weighted by Gasteiger charge is 2.30. The van der Waals surface area contributed by atoms with Gasteiger partial charge in [0.1, 0.15) is 5.75 Å². The molecule has 1 amide bonds. The van der Waals surface area contributed by atoms with Gasteiger partial charge in [-0.2, -0.15) is 0 Å². The van der Waals surface area contributed by atoms with Gasteiger partial charge in [0.2, 0.25) is 0 Å². The first kappa shape index (κ1) is 14.4. The summed E-state index contributed by atoms with van der Waals surface area (Å²) in [7, 11) is 1.53. The van der Waals surface area contributed by atoms with Crippen LogP contribution in [0, 0.1) is 0 Å². The maximum Gasteiger partial charge on any atom is 0.573 e. The summed E-state index contributed by atoms with van der Waals surface area (Å²) in [6.45, 7) is 0. The van der Waals surface area contributed by atoms with Gasteiger partial charge in [-0.05, 0) is 42.0 Å². The van der Waals surface area contributed by atoms with Crippen LogP contribution in [0.25, 0.3) is 10.4 Å². The highest BCUT2D eigenvalue weighted by molar-refractivity contribution is 7.17. The predicted octanol–water partition coefficient (Wildman–Crippen LogP) is 3.67. The van der Waals surface area contributed by atoms with Crippen molar-refractivity contribution in [1.82, 2.24) is 5.32 Å². The zero-order chi connectivity index (χ0) is 14.8. The van der Waals surface area contributed by atoms with Crippen molar-refractivity contribution in [2.75, 3.05) is 7.05 Å². The largest absolute Gasteiger partial charge is 0.573 e. The Hall–Kier alpha value is -2.02. The highest BCUT2D eigenvalue weighted by Crippen LogP contribution is 2.30. The lowest BCUT2D eigenvalue weighted by molar-refractivity contribution is -0.274. The standard InChI is InChI=1S/C13H10F3NO2S/c1-17-12(18)11-7-6-10(20-11)8-2-4-9(5-3-8)19-13(14,15)16/h2-7H,1H3,(H,17,18). The molecule has 0 fully saturated rings. The van der Waals surface area contributed by atoms with Gasteiger partial charge in [0.05, 0.1) is 4.88 Å². The van der Waals surface area contributed by atoms with E-state index in [1.54, 1.807) is 12.1 Å². The van der Waals surface area contributed by atoms with E-state index in [0.29, 0.717) is 4.88 Å². The number of carbonyl (C=O) groups is 1. The Balaban J connectivity index is 2.18. The van der Waals surface area contributed by atoms with E-state index in [2.05, 4.69) is 10.1 Å². The molecule has 0 atom stereocenters. The van der Waals surface area contributed by atoms with Crippen molar-refractivity contribution >= 4 is 17.2 Å². The van der Waals surface area contributed by atoms with Gasteiger partial charge in [-0.15, -0.1) is 24.5 Å². The van der Waals surface area contributed by atoms with Gasteiger partial charge in [-0.25, -0.2) is 0 Å². The summed E-state index contributed by atoms with van der Waals surface area (Å²) >= 11 is 1.26. The van der Waals surface area contributed by atoms with Crippen LogP contribution in [0.4, 0.5) is 13.2 Å². The molecule has 7 heteroatoms. The molecular weight excluding hydrogens is 291 g/mol. The number of rotatable bonds is 3. The fourth-order valence-electron chi connectivity index (χ4n) is 1.56. The SMILES string of the molecule is CNC(=O)c1ccc(-c2ccc(OC(F)(F)F)cc2)s1. The molecule has 1 aromatic carbocycles. The lowest BCUT2D eigenvalue weighted by Gasteiger charge is -2.08. The van der Waals surface area contributed by atoms with Crippen LogP contribution in [0.3, 0.4) is 0 Å². The zero-order valence-electron chi connectivity index (χ0n) is 10.3. The van der Waals surface area contributed by atoms with Gasteiger partial charge < -0.3 is 10.1 Å². The Morgan fingerprint density at radius 2 is 1.80 bits per heavy atom. The number of thiophene rings is 1. The number of nitrogens with one attached hydrogen (secondary N) is 1. The summed E-state index contributed by atoms with van der Waals surface area (Å²) in [5, 5.41) is 2.51. The second-order valence-electron chi connectivity index (χ2n) is 3.82. The molecule has 0 bridgehead atoms. The molecule has 0 saturated heterocycles.